The Kier molecular flexibility index (Phi) is 3.93. The molecule has 14 heavy (non-hydrogen) atoms. The topological polar surface area (TPSA) is 32.3 Å². The molecule has 0 aromatic heterocycles. The fourth-order valence-corrected chi connectivity index (χ4v) is 1.78. The fraction of sp³-hybridized carbons (Fsp3) is 0.909. The molecule has 1 saturated heterocycles. The Balaban J connectivity index is 2.40. The van der Waals surface area contributed by atoms with Crippen molar-refractivity contribution in [3.05, 3.63) is 0 Å². The molecule has 1 amide bonds. The van der Waals surface area contributed by atoms with E-state index in [1.807, 2.05) is 4.90 Å². The zero-order chi connectivity index (χ0) is 10.7. The number of amides is 1. The molecule has 0 aromatic rings. The maximum Gasteiger partial charge on any atom is 0.240 e. The summed E-state index contributed by atoms with van der Waals surface area (Å²) in [4.78, 5) is 13.8. The van der Waals surface area contributed by atoms with Gasteiger partial charge in [0.2, 0.25) is 5.91 Å². The molecule has 0 bridgehead atoms. The van der Waals surface area contributed by atoms with Crippen molar-refractivity contribution in [2.75, 3.05) is 13.1 Å². The fourth-order valence-electron chi connectivity index (χ4n) is 1.78. The first-order chi connectivity index (χ1) is 6.52. The van der Waals surface area contributed by atoms with Crippen LogP contribution in [0.25, 0.3) is 0 Å². The van der Waals surface area contributed by atoms with Crippen LogP contribution >= 0.6 is 0 Å². The van der Waals surface area contributed by atoms with E-state index in [0.29, 0.717) is 12.0 Å². The quantitative estimate of drug-likeness (QED) is 0.737. The van der Waals surface area contributed by atoms with Gasteiger partial charge in [0, 0.05) is 12.6 Å². The normalized spacial score (nSPS) is 22.9. The second-order valence-corrected chi connectivity index (χ2v) is 4.77. The molecule has 1 N–H and O–H groups in total. The third kappa shape index (κ3) is 2.71. The Bertz CT molecular complexity index is 201. The summed E-state index contributed by atoms with van der Waals surface area (Å²) in [6.45, 7) is 10.3. The summed E-state index contributed by atoms with van der Waals surface area (Å²) in [5, 5.41) is 3.32. The van der Waals surface area contributed by atoms with Crippen LogP contribution in [0.1, 0.15) is 34.1 Å². The van der Waals surface area contributed by atoms with Gasteiger partial charge >= 0.3 is 0 Å². The van der Waals surface area contributed by atoms with Gasteiger partial charge in [0.1, 0.15) is 0 Å². The largest absolute Gasteiger partial charge is 0.339 e. The van der Waals surface area contributed by atoms with Crippen molar-refractivity contribution < 1.29 is 4.79 Å². The van der Waals surface area contributed by atoms with Crippen LogP contribution in [0, 0.1) is 5.92 Å². The van der Waals surface area contributed by atoms with Gasteiger partial charge in [-0.2, -0.15) is 0 Å². The minimum Gasteiger partial charge on any atom is -0.339 e. The molecule has 0 saturated carbocycles. The Labute approximate surface area is 86.9 Å². The highest BCUT2D eigenvalue weighted by Crippen LogP contribution is 2.14. The number of carbonyl (C=O) groups excluding carboxylic acids is 1. The Morgan fingerprint density at radius 3 is 2.50 bits per heavy atom. The SMILES string of the molecule is CC(C)CNC1CCN(C(C)C)C1=O. The summed E-state index contributed by atoms with van der Waals surface area (Å²) in [6.07, 6.45) is 0.962. The smallest absolute Gasteiger partial charge is 0.240 e. The summed E-state index contributed by atoms with van der Waals surface area (Å²) < 4.78 is 0. The molecule has 1 atom stereocenters. The maximum absolute atomic E-state index is 11.8. The number of nitrogens with one attached hydrogen (secondary N) is 1. The highest BCUT2D eigenvalue weighted by atomic mass is 16.2. The minimum atomic E-state index is 0.0693. The van der Waals surface area contributed by atoms with Crippen molar-refractivity contribution >= 4 is 5.91 Å². The number of likely N-dealkylation sites (tertiary alicyclic amines) is 1. The lowest BCUT2D eigenvalue weighted by atomic mass is 10.2. The molecule has 1 aliphatic rings. The van der Waals surface area contributed by atoms with E-state index in [1.165, 1.54) is 0 Å². The standard InChI is InChI=1S/C11H22N2O/c1-8(2)7-12-10-5-6-13(9(3)4)11(10)14/h8-10,12H,5-7H2,1-4H3. The van der Waals surface area contributed by atoms with Crippen LogP contribution in [0.5, 0.6) is 0 Å². The highest BCUT2D eigenvalue weighted by molar-refractivity contribution is 5.84. The van der Waals surface area contributed by atoms with Crippen LogP contribution in [0.4, 0.5) is 0 Å². The van der Waals surface area contributed by atoms with Crippen LogP contribution < -0.4 is 5.32 Å². The number of hydrogen-bond acceptors (Lipinski definition) is 2. The van der Waals surface area contributed by atoms with Crippen LogP contribution in [0.2, 0.25) is 0 Å². The van der Waals surface area contributed by atoms with Crippen molar-refractivity contribution in [3.63, 3.8) is 0 Å². The Morgan fingerprint density at radius 1 is 1.43 bits per heavy atom. The molecule has 1 rings (SSSR count). The predicted octanol–water partition coefficient (Wildman–Crippen LogP) is 1.24. The second-order valence-electron chi connectivity index (χ2n) is 4.77. The third-order valence-electron chi connectivity index (χ3n) is 2.64. The summed E-state index contributed by atoms with van der Waals surface area (Å²) in [5.41, 5.74) is 0. The van der Waals surface area contributed by atoms with Gasteiger partial charge in [0.05, 0.1) is 6.04 Å². The molecule has 3 nitrogen and oxygen atoms in total. The van der Waals surface area contributed by atoms with E-state index >= 15 is 0 Å². The molecule has 1 unspecified atom stereocenters. The third-order valence-corrected chi connectivity index (χ3v) is 2.64. The van der Waals surface area contributed by atoms with Crippen LogP contribution in [-0.2, 0) is 4.79 Å². The van der Waals surface area contributed by atoms with Crippen molar-refractivity contribution in [2.45, 2.75) is 46.2 Å². The zero-order valence-electron chi connectivity index (χ0n) is 9.71. The number of nitrogens with zero attached hydrogens (tertiary/aromatic N) is 1. The lowest BCUT2D eigenvalue weighted by molar-refractivity contribution is -0.130. The summed E-state index contributed by atoms with van der Waals surface area (Å²) >= 11 is 0. The predicted molar refractivity (Wildman–Crippen MR) is 58.1 cm³/mol. The first-order valence-electron chi connectivity index (χ1n) is 5.56. The second kappa shape index (κ2) is 4.78. The van der Waals surface area contributed by atoms with Crippen molar-refractivity contribution in [2.24, 2.45) is 5.92 Å². The van der Waals surface area contributed by atoms with Gasteiger partial charge < -0.3 is 10.2 Å². The van der Waals surface area contributed by atoms with Crippen molar-refractivity contribution in [3.8, 4) is 0 Å². The highest BCUT2D eigenvalue weighted by Gasteiger charge is 2.32. The average molecular weight is 198 g/mol. The Morgan fingerprint density at radius 2 is 2.07 bits per heavy atom. The summed E-state index contributed by atoms with van der Waals surface area (Å²) in [5.74, 6) is 0.886. The molecule has 0 aromatic carbocycles. The summed E-state index contributed by atoms with van der Waals surface area (Å²) in [7, 11) is 0. The number of rotatable bonds is 4. The lowest BCUT2D eigenvalue weighted by Crippen LogP contribution is -2.41. The summed E-state index contributed by atoms with van der Waals surface area (Å²) in [6, 6.07) is 0.410. The number of hydrogen-bond donors (Lipinski definition) is 1. The minimum absolute atomic E-state index is 0.0693. The van der Waals surface area contributed by atoms with Gasteiger partial charge in [-0.1, -0.05) is 13.8 Å². The van der Waals surface area contributed by atoms with Gasteiger partial charge in [0.15, 0.2) is 0 Å². The molecule has 0 spiro atoms. The van der Waals surface area contributed by atoms with Gasteiger partial charge in [-0.15, -0.1) is 0 Å². The van der Waals surface area contributed by atoms with E-state index in [9.17, 15) is 4.79 Å². The van der Waals surface area contributed by atoms with Crippen LogP contribution in [0.15, 0.2) is 0 Å². The van der Waals surface area contributed by atoms with E-state index in [0.717, 1.165) is 19.5 Å². The van der Waals surface area contributed by atoms with Gasteiger partial charge in [-0.3, -0.25) is 4.79 Å². The van der Waals surface area contributed by atoms with E-state index in [4.69, 9.17) is 0 Å². The van der Waals surface area contributed by atoms with Crippen LogP contribution in [-0.4, -0.2) is 36.0 Å². The molecule has 0 aliphatic carbocycles. The van der Waals surface area contributed by atoms with Gasteiger partial charge in [-0.05, 0) is 32.7 Å². The average Bonchev–Trinajstić information content (AvgIpc) is 2.43. The molecular weight excluding hydrogens is 176 g/mol. The van der Waals surface area contributed by atoms with Gasteiger partial charge in [0.25, 0.3) is 0 Å². The van der Waals surface area contributed by atoms with E-state index < -0.39 is 0 Å². The molecule has 1 heterocycles. The molecule has 1 fully saturated rings. The first kappa shape index (κ1) is 11.5. The van der Waals surface area contributed by atoms with E-state index in [2.05, 4.69) is 33.0 Å². The van der Waals surface area contributed by atoms with Crippen LogP contribution in [0.3, 0.4) is 0 Å². The number of carbonyl (C=O) groups is 1. The van der Waals surface area contributed by atoms with E-state index in [-0.39, 0.29) is 11.9 Å². The monoisotopic (exact) mass is 198 g/mol. The van der Waals surface area contributed by atoms with Gasteiger partial charge in [-0.25, -0.2) is 0 Å². The molecule has 82 valence electrons. The van der Waals surface area contributed by atoms with E-state index in [1.54, 1.807) is 0 Å². The lowest BCUT2D eigenvalue weighted by Gasteiger charge is -2.21. The maximum atomic E-state index is 11.8. The first-order valence-corrected chi connectivity index (χ1v) is 5.56. The molecular formula is C11H22N2O. The zero-order valence-corrected chi connectivity index (χ0v) is 9.71. The molecule has 0 radical (unpaired) electrons. The molecule has 3 heteroatoms. The Hall–Kier alpha value is -0.570. The van der Waals surface area contributed by atoms with Crippen molar-refractivity contribution in [1.82, 2.24) is 10.2 Å². The molecule has 1 aliphatic heterocycles. The van der Waals surface area contributed by atoms with Crippen molar-refractivity contribution in [1.29, 1.82) is 0 Å².